The van der Waals surface area contributed by atoms with E-state index in [0.717, 1.165) is 44.1 Å². The van der Waals surface area contributed by atoms with E-state index in [1.807, 2.05) is 6.07 Å². The fourth-order valence-corrected chi connectivity index (χ4v) is 4.44. The molecule has 2 fully saturated rings. The van der Waals surface area contributed by atoms with Crippen molar-refractivity contribution in [2.45, 2.75) is 69.2 Å². The minimum atomic E-state index is -1.03. The molecule has 2 N–H and O–H groups in total. The van der Waals surface area contributed by atoms with E-state index < -0.39 is 6.17 Å². The van der Waals surface area contributed by atoms with Crippen molar-refractivity contribution in [3.8, 4) is 0 Å². The Morgan fingerprint density at radius 3 is 2.58 bits per heavy atom. The molecule has 0 bridgehead atoms. The van der Waals surface area contributed by atoms with Gasteiger partial charge in [-0.15, -0.1) is 0 Å². The minimum absolute atomic E-state index is 0.288. The highest BCUT2D eigenvalue weighted by atomic mass is 35.5. The smallest absolute Gasteiger partial charge is 0.141 e. The number of hydrogen-bond acceptors (Lipinski definition) is 2. The molecule has 3 unspecified atom stereocenters. The molecule has 2 aliphatic rings. The van der Waals surface area contributed by atoms with Crippen LogP contribution in [0.4, 0.5) is 8.78 Å². The Balaban J connectivity index is 1.47. The van der Waals surface area contributed by atoms with Crippen molar-refractivity contribution < 1.29 is 13.5 Å². The third-order valence-electron chi connectivity index (χ3n) is 5.66. The van der Waals surface area contributed by atoms with Crippen LogP contribution in [0.2, 0.25) is 5.02 Å². The van der Waals surface area contributed by atoms with Crippen molar-refractivity contribution >= 4 is 11.6 Å². The number of ether oxygens (including phenoxy) is 1. The highest BCUT2D eigenvalue weighted by molar-refractivity contribution is 6.31. The van der Waals surface area contributed by atoms with Gasteiger partial charge in [-0.25, -0.2) is 8.78 Å². The Kier molecular flexibility index (Phi) is 6.12. The van der Waals surface area contributed by atoms with Gasteiger partial charge in [0.1, 0.15) is 12.0 Å². The van der Waals surface area contributed by atoms with Crippen LogP contribution < -0.4 is 5.73 Å². The SMILES string of the molecule is NC1CCOC(CC[C@H]2CC[C@@H](c3ccc(F)cc3Cl)CC2)C1F. The van der Waals surface area contributed by atoms with E-state index in [1.165, 1.54) is 12.1 Å². The highest BCUT2D eigenvalue weighted by Crippen LogP contribution is 2.40. The minimum Gasteiger partial charge on any atom is -0.375 e. The average molecular weight is 358 g/mol. The molecule has 24 heavy (non-hydrogen) atoms. The van der Waals surface area contributed by atoms with Gasteiger partial charge >= 0.3 is 0 Å². The number of benzene rings is 1. The van der Waals surface area contributed by atoms with E-state index in [9.17, 15) is 8.78 Å². The van der Waals surface area contributed by atoms with Gasteiger partial charge in [0.05, 0.1) is 6.10 Å². The number of halogens is 3. The van der Waals surface area contributed by atoms with Crippen LogP contribution in [0.15, 0.2) is 18.2 Å². The van der Waals surface area contributed by atoms with Crippen LogP contribution in [0.3, 0.4) is 0 Å². The zero-order valence-corrected chi connectivity index (χ0v) is 14.7. The van der Waals surface area contributed by atoms with Crippen LogP contribution in [0.1, 0.15) is 56.4 Å². The fraction of sp³-hybridized carbons (Fsp3) is 0.684. The lowest BCUT2D eigenvalue weighted by molar-refractivity contribution is -0.0562. The van der Waals surface area contributed by atoms with Crippen LogP contribution >= 0.6 is 11.6 Å². The van der Waals surface area contributed by atoms with Crippen molar-refractivity contribution in [3.63, 3.8) is 0 Å². The maximum atomic E-state index is 14.1. The predicted octanol–water partition coefficient (Wildman–Crippen LogP) is 4.99. The van der Waals surface area contributed by atoms with Gasteiger partial charge in [0.25, 0.3) is 0 Å². The second kappa shape index (κ2) is 8.11. The third-order valence-corrected chi connectivity index (χ3v) is 5.98. The summed E-state index contributed by atoms with van der Waals surface area (Å²) in [5.74, 6) is 0.723. The molecule has 1 heterocycles. The number of rotatable bonds is 4. The van der Waals surface area contributed by atoms with Gasteiger partial charge < -0.3 is 10.5 Å². The standard InChI is InChI=1S/C19H26ClF2NO/c20-16-11-14(21)6-7-15(16)13-4-1-12(2-5-13)3-8-18-19(22)17(23)9-10-24-18/h6-7,11-13,17-19H,1-5,8-10,23H2/t12-,13+,17?,18?,19?. The molecule has 1 saturated carbocycles. The van der Waals surface area contributed by atoms with Gasteiger partial charge in [-0.2, -0.15) is 0 Å². The van der Waals surface area contributed by atoms with Crippen molar-refractivity contribution in [1.82, 2.24) is 0 Å². The summed E-state index contributed by atoms with van der Waals surface area (Å²) < 4.78 is 32.8. The van der Waals surface area contributed by atoms with Gasteiger partial charge in [-0.05, 0) is 74.5 Å². The van der Waals surface area contributed by atoms with E-state index in [-0.39, 0.29) is 18.0 Å². The highest BCUT2D eigenvalue weighted by Gasteiger charge is 2.33. The van der Waals surface area contributed by atoms with Gasteiger partial charge in [0, 0.05) is 17.7 Å². The molecule has 1 aromatic carbocycles. The summed E-state index contributed by atoms with van der Waals surface area (Å²) in [7, 11) is 0. The maximum absolute atomic E-state index is 14.1. The van der Waals surface area contributed by atoms with E-state index in [0.29, 0.717) is 29.9 Å². The molecule has 134 valence electrons. The predicted molar refractivity (Wildman–Crippen MR) is 92.6 cm³/mol. The van der Waals surface area contributed by atoms with Crippen molar-refractivity contribution in [2.75, 3.05) is 6.61 Å². The molecule has 1 aliphatic heterocycles. The molecule has 1 aromatic rings. The fourth-order valence-electron chi connectivity index (χ4n) is 4.12. The first-order valence-corrected chi connectivity index (χ1v) is 9.38. The molecular formula is C19H26ClF2NO. The van der Waals surface area contributed by atoms with Crippen LogP contribution in [0.25, 0.3) is 0 Å². The second-order valence-electron chi connectivity index (χ2n) is 7.27. The summed E-state index contributed by atoms with van der Waals surface area (Å²) in [6.07, 6.45) is 5.30. The lowest BCUT2D eigenvalue weighted by Gasteiger charge is -2.33. The normalized spacial score (nSPS) is 34.2. The summed E-state index contributed by atoms with van der Waals surface area (Å²) in [4.78, 5) is 0. The van der Waals surface area contributed by atoms with Crippen LogP contribution in [-0.2, 0) is 4.74 Å². The van der Waals surface area contributed by atoms with Crippen LogP contribution in [-0.4, -0.2) is 24.9 Å². The van der Waals surface area contributed by atoms with E-state index in [1.54, 1.807) is 0 Å². The van der Waals surface area contributed by atoms with Gasteiger partial charge in [0.15, 0.2) is 0 Å². The van der Waals surface area contributed by atoms with Crippen molar-refractivity contribution in [2.24, 2.45) is 11.7 Å². The molecule has 3 atom stereocenters. The first kappa shape index (κ1) is 18.1. The number of hydrogen-bond donors (Lipinski definition) is 1. The summed E-state index contributed by atoms with van der Waals surface area (Å²) in [6.45, 7) is 0.571. The van der Waals surface area contributed by atoms with Crippen LogP contribution in [0, 0.1) is 11.7 Å². The monoisotopic (exact) mass is 357 g/mol. The molecule has 0 aromatic heterocycles. The molecule has 1 saturated heterocycles. The van der Waals surface area contributed by atoms with E-state index in [4.69, 9.17) is 22.1 Å². The summed E-state index contributed by atoms with van der Waals surface area (Å²) >= 11 is 6.18. The summed E-state index contributed by atoms with van der Waals surface area (Å²) in [5.41, 5.74) is 6.85. The Morgan fingerprint density at radius 2 is 1.88 bits per heavy atom. The third kappa shape index (κ3) is 4.27. The Bertz CT molecular complexity index is 548. The molecule has 1 aliphatic carbocycles. The molecule has 0 amide bonds. The molecule has 3 rings (SSSR count). The topological polar surface area (TPSA) is 35.2 Å². The lowest BCUT2D eigenvalue weighted by atomic mass is 9.76. The first-order chi connectivity index (χ1) is 11.5. The largest absolute Gasteiger partial charge is 0.375 e. The summed E-state index contributed by atoms with van der Waals surface area (Å²) in [5, 5.41) is 0.531. The second-order valence-corrected chi connectivity index (χ2v) is 7.67. The number of alkyl halides is 1. The quantitative estimate of drug-likeness (QED) is 0.824. The van der Waals surface area contributed by atoms with Crippen LogP contribution in [0.5, 0.6) is 0 Å². The molecular weight excluding hydrogens is 332 g/mol. The first-order valence-electron chi connectivity index (χ1n) is 9.01. The Labute approximate surface area is 147 Å². The molecule has 2 nitrogen and oxygen atoms in total. The zero-order chi connectivity index (χ0) is 17.1. The molecule has 5 heteroatoms. The Hall–Kier alpha value is -0.710. The van der Waals surface area contributed by atoms with Gasteiger partial charge in [-0.1, -0.05) is 17.7 Å². The van der Waals surface area contributed by atoms with E-state index in [2.05, 4.69) is 0 Å². The van der Waals surface area contributed by atoms with E-state index >= 15 is 0 Å². The molecule has 0 spiro atoms. The number of nitrogens with two attached hydrogens (primary N) is 1. The van der Waals surface area contributed by atoms with Crippen molar-refractivity contribution in [3.05, 3.63) is 34.6 Å². The summed E-state index contributed by atoms with van der Waals surface area (Å²) in [6, 6.07) is 4.32. The Morgan fingerprint density at radius 1 is 1.12 bits per heavy atom. The maximum Gasteiger partial charge on any atom is 0.141 e. The average Bonchev–Trinajstić information content (AvgIpc) is 2.57. The molecule has 0 radical (unpaired) electrons. The van der Waals surface area contributed by atoms with Crippen molar-refractivity contribution in [1.29, 1.82) is 0 Å². The zero-order valence-electron chi connectivity index (χ0n) is 13.9. The van der Waals surface area contributed by atoms with Gasteiger partial charge in [-0.3, -0.25) is 0 Å². The lowest BCUT2D eigenvalue weighted by Crippen LogP contribution is -2.46. The van der Waals surface area contributed by atoms with Gasteiger partial charge in [0.2, 0.25) is 0 Å².